The fourth-order valence-corrected chi connectivity index (χ4v) is 1.59. The largest absolute Gasteiger partial charge is 0.299 e. The van der Waals surface area contributed by atoms with Crippen molar-refractivity contribution in [2.75, 3.05) is 0 Å². The van der Waals surface area contributed by atoms with Crippen molar-refractivity contribution in [2.45, 2.75) is 12.8 Å². The maximum Gasteiger partial charge on any atom is 0.144 e. The van der Waals surface area contributed by atoms with Crippen molar-refractivity contribution >= 4 is 5.78 Å². The molecule has 0 amide bonds. The van der Waals surface area contributed by atoms with Crippen LogP contribution in [0.2, 0.25) is 0 Å². The van der Waals surface area contributed by atoms with Gasteiger partial charge in [0.05, 0.1) is 0 Å². The molecule has 0 radical (unpaired) electrons. The Bertz CT molecular complexity index is 269. The lowest BCUT2D eigenvalue weighted by Crippen LogP contribution is -2.19. The highest BCUT2D eigenvalue weighted by Crippen LogP contribution is 2.27. The Labute approximate surface area is 66.1 Å². The Kier molecular flexibility index (Phi) is 1.50. The molecule has 0 aromatic carbocycles. The third-order valence-corrected chi connectivity index (χ3v) is 2.22. The molecular weight excluding hydrogens is 136 g/mol. The summed E-state index contributed by atoms with van der Waals surface area (Å²) in [5.74, 6) is 0.535. The maximum absolute atomic E-state index is 11.3. The number of ketones is 1. The minimum absolute atomic E-state index is 0.171. The normalized spacial score (nSPS) is 28.2. The topological polar surface area (TPSA) is 17.1 Å². The predicted octanol–water partition coefficient (Wildman–Crippen LogP) is 2.02. The van der Waals surface area contributed by atoms with Crippen molar-refractivity contribution < 1.29 is 4.79 Å². The van der Waals surface area contributed by atoms with Gasteiger partial charge in [-0.3, -0.25) is 4.79 Å². The van der Waals surface area contributed by atoms with Crippen LogP contribution in [0.5, 0.6) is 0 Å². The van der Waals surface area contributed by atoms with E-state index < -0.39 is 0 Å². The summed E-state index contributed by atoms with van der Waals surface area (Å²) < 4.78 is 0. The van der Waals surface area contributed by atoms with Crippen LogP contribution in [-0.4, -0.2) is 5.78 Å². The minimum Gasteiger partial charge on any atom is -0.299 e. The van der Waals surface area contributed by atoms with Crippen LogP contribution < -0.4 is 0 Å². The molecule has 0 saturated carbocycles. The second kappa shape index (κ2) is 2.50. The molecule has 56 valence electrons. The number of rotatable bonds is 0. The van der Waals surface area contributed by atoms with Crippen molar-refractivity contribution in [1.82, 2.24) is 0 Å². The van der Waals surface area contributed by atoms with Crippen LogP contribution in [0.4, 0.5) is 0 Å². The van der Waals surface area contributed by atoms with Gasteiger partial charge < -0.3 is 0 Å². The van der Waals surface area contributed by atoms with E-state index in [4.69, 9.17) is 0 Å². The van der Waals surface area contributed by atoms with Crippen LogP contribution in [0.25, 0.3) is 0 Å². The Morgan fingerprint density at radius 3 is 3.09 bits per heavy atom. The molecule has 1 heteroatoms. The standard InChI is InChI=1S/C10H10O/c11-10-7-3-5-8-4-1-2-6-9(8)10/h1-5,9H,6-7H2. The molecule has 1 atom stereocenters. The van der Waals surface area contributed by atoms with Crippen molar-refractivity contribution in [3.8, 4) is 0 Å². The SMILES string of the molecule is O=C1CC=CC2=CC=CCC12. The number of fused-ring (bicyclic) bond motifs is 1. The first-order valence-electron chi connectivity index (χ1n) is 3.94. The second-order valence-electron chi connectivity index (χ2n) is 2.96. The summed E-state index contributed by atoms with van der Waals surface area (Å²) in [6.07, 6.45) is 11.6. The number of hydrogen-bond acceptors (Lipinski definition) is 1. The van der Waals surface area contributed by atoms with E-state index in [1.54, 1.807) is 0 Å². The summed E-state index contributed by atoms with van der Waals surface area (Å²) in [5.41, 5.74) is 1.18. The van der Waals surface area contributed by atoms with Gasteiger partial charge >= 0.3 is 0 Å². The van der Waals surface area contributed by atoms with Gasteiger partial charge in [-0.15, -0.1) is 0 Å². The van der Waals surface area contributed by atoms with Crippen LogP contribution in [-0.2, 0) is 4.79 Å². The molecule has 2 rings (SSSR count). The Morgan fingerprint density at radius 1 is 1.36 bits per heavy atom. The summed E-state index contributed by atoms with van der Waals surface area (Å²) in [4.78, 5) is 11.3. The molecule has 0 fully saturated rings. The van der Waals surface area contributed by atoms with Gasteiger partial charge in [-0.2, -0.15) is 0 Å². The van der Waals surface area contributed by atoms with Gasteiger partial charge in [-0.05, 0) is 12.0 Å². The van der Waals surface area contributed by atoms with Crippen LogP contribution >= 0.6 is 0 Å². The van der Waals surface area contributed by atoms with E-state index in [0.717, 1.165) is 6.42 Å². The van der Waals surface area contributed by atoms with Crippen molar-refractivity contribution in [3.05, 3.63) is 36.0 Å². The first-order valence-corrected chi connectivity index (χ1v) is 3.94. The Balaban J connectivity index is 2.36. The lowest BCUT2D eigenvalue weighted by Gasteiger charge is -2.20. The highest BCUT2D eigenvalue weighted by molar-refractivity contribution is 5.87. The predicted molar refractivity (Wildman–Crippen MR) is 44.1 cm³/mol. The first kappa shape index (κ1) is 6.59. The molecule has 0 bridgehead atoms. The van der Waals surface area contributed by atoms with E-state index in [-0.39, 0.29) is 5.92 Å². The number of hydrogen-bond donors (Lipinski definition) is 0. The van der Waals surface area contributed by atoms with Crippen LogP contribution in [0, 0.1) is 5.92 Å². The minimum atomic E-state index is 0.171. The summed E-state index contributed by atoms with van der Waals surface area (Å²) in [7, 11) is 0. The van der Waals surface area contributed by atoms with E-state index in [1.165, 1.54) is 5.57 Å². The molecule has 0 saturated heterocycles. The Hall–Kier alpha value is -1.11. The number of carbonyl (C=O) groups is 1. The third kappa shape index (κ3) is 1.07. The zero-order chi connectivity index (χ0) is 7.68. The first-order chi connectivity index (χ1) is 5.38. The van der Waals surface area contributed by atoms with Crippen LogP contribution in [0.1, 0.15) is 12.8 Å². The molecule has 0 aromatic rings. The van der Waals surface area contributed by atoms with Gasteiger partial charge in [0.2, 0.25) is 0 Å². The third-order valence-electron chi connectivity index (χ3n) is 2.22. The van der Waals surface area contributed by atoms with Crippen LogP contribution in [0.15, 0.2) is 36.0 Å². The number of carbonyl (C=O) groups excluding carboxylic acids is 1. The number of Topliss-reactive ketones (excluding diaryl/α,β-unsaturated/α-hetero) is 1. The van der Waals surface area contributed by atoms with Gasteiger partial charge in [-0.25, -0.2) is 0 Å². The molecule has 2 aliphatic carbocycles. The monoisotopic (exact) mass is 146 g/mol. The molecule has 0 N–H and O–H groups in total. The molecule has 0 spiro atoms. The number of allylic oxidation sites excluding steroid dienone is 6. The Morgan fingerprint density at radius 2 is 2.27 bits per heavy atom. The molecule has 1 unspecified atom stereocenters. The zero-order valence-corrected chi connectivity index (χ0v) is 6.29. The van der Waals surface area contributed by atoms with Gasteiger partial charge in [0, 0.05) is 12.3 Å². The lowest BCUT2D eigenvalue weighted by molar-refractivity contribution is -0.121. The van der Waals surface area contributed by atoms with Gasteiger partial charge in [0.25, 0.3) is 0 Å². The average Bonchev–Trinajstić information content (AvgIpc) is 2.06. The van der Waals surface area contributed by atoms with Crippen molar-refractivity contribution in [1.29, 1.82) is 0 Å². The quantitative estimate of drug-likeness (QED) is 0.511. The van der Waals surface area contributed by atoms with E-state index in [1.807, 2.05) is 18.2 Å². The van der Waals surface area contributed by atoms with Gasteiger partial charge in [0.15, 0.2) is 0 Å². The molecule has 0 heterocycles. The maximum atomic E-state index is 11.3. The average molecular weight is 146 g/mol. The molecule has 2 aliphatic rings. The van der Waals surface area contributed by atoms with Crippen molar-refractivity contribution in [2.24, 2.45) is 5.92 Å². The molecule has 0 aliphatic heterocycles. The van der Waals surface area contributed by atoms with E-state index in [0.29, 0.717) is 12.2 Å². The fourth-order valence-electron chi connectivity index (χ4n) is 1.59. The second-order valence-corrected chi connectivity index (χ2v) is 2.96. The summed E-state index contributed by atoms with van der Waals surface area (Å²) in [6.45, 7) is 0. The fraction of sp³-hybridized carbons (Fsp3) is 0.300. The van der Waals surface area contributed by atoms with Crippen molar-refractivity contribution in [3.63, 3.8) is 0 Å². The van der Waals surface area contributed by atoms with Gasteiger partial charge in [-0.1, -0.05) is 30.4 Å². The van der Waals surface area contributed by atoms with Gasteiger partial charge in [0.1, 0.15) is 5.78 Å². The summed E-state index contributed by atoms with van der Waals surface area (Å²) in [6, 6.07) is 0. The molecule has 11 heavy (non-hydrogen) atoms. The van der Waals surface area contributed by atoms with E-state index >= 15 is 0 Å². The van der Waals surface area contributed by atoms with E-state index in [9.17, 15) is 4.79 Å². The van der Waals surface area contributed by atoms with E-state index in [2.05, 4.69) is 12.2 Å². The molecule has 1 nitrogen and oxygen atoms in total. The summed E-state index contributed by atoms with van der Waals surface area (Å²) in [5, 5.41) is 0. The van der Waals surface area contributed by atoms with Crippen LogP contribution in [0.3, 0.4) is 0 Å². The highest BCUT2D eigenvalue weighted by Gasteiger charge is 2.22. The molecule has 0 aromatic heterocycles. The smallest absolute Gasteiger partial charge is 0.144 e. The lowest BCUT2D eigenvalue weighted by atomic mass is 9.83. The molecular formula is C10H10O. The highest BCUT2D eigenvalue weighted by atomic mass is 16.1. The summed E-state index contributed by atoms with van der Waals surface area (Å²) >= 11 is 0. The zero-order valence-electron chi connectivity index (χ0n) is 6.29.